The lowest BCUT2D eigenvalue weighted by Gasteiger charge is -2.29. The van der Waals surface area contributed by atoms with E-state index < -0.39 is 10.0 Å². The number of morpholine rings is 1. The van der Waals surface area contributed by atoms with Gasteiger partial charge < -0.3 is 14.4 Å². The van der Waals surface area contributed by atoms with Crippen molar-refractivity contribution in [1.29, 1.82) is 0 Å². The molecule has 0 aromatic heterocycles. The quantitative estimate of drug-likeness (QED) is 0.831. The molecule has 1 fully saturated rings. The van der Waals surface area contributed by atoms with Crippen molar-refractivity contribution in [3.05, 3.63) is 23.8 Å². The van der Waals surface area contributed by atoms with Crippen LogP contribution in [0.25, 0.3) is 0 Å². The van der Waals surface area contributed by atoms with Crippen molar-refractivity contribution >= 4 is 15.9 Å². The minimum absolute atomic E-state index is 0.0234. The van der Waals surface area contributed by atoms with E-state index in [1.165, 1.54) is 18.1 Å². The van der Waals surface area contributed by atoms with E-state index >= 15 is 0 Å². The van der Waals surface area contributed by atoms with Crippen molar-refractivity contribution in [1.82, 2.24) is 9.62 Å². The molecular weight excluding hydrogens is 308 g/mol. The fraction of sp³-hybridized carbons (Fsp3) is 0.500. The molecule has 1 amide bonds. The zero-order valence-corrected chi connectivity index (χ0v) is 13.6. The van der Waals surface area contributed by atoms with Crippen LogP contribution in [0.4, 0.5) is 0 Å². The Bertz CT molecular complexity index is 659. The number of amides is 1. The summed E-state index contributed by atoms with van der Waals surface area (Å²) < 4.78 is 37.6. The number of ether oxygens (including phenoxy) is 2. The summed E-state index contributed by atoms with van der Waals surface area (Å²) in [6, 6.07) is 4.77. The van der Waals surface area contributed by atoms with Crippen LogP contribution >= 0.6 is 0 Å². The van der Waals surface area contributed by atoms with Gasteiger partial charge in [0.2, 0.25) is 15.9 Å². The van der Waals surface area contributed by atoms with Crippen molar-refractivity contribution in [3.63, 3.8) is 0 Å². The number of methoxy groups -OCH3 is 1. The summed E-state index contributed by atoms with van der Waals surface area (Å²) in [6.07, 6.45) is -0.351. The third-order valence-electron chi connectivity index (χ3n) is 3.52. The van der Waals surface area contributed by atoms with Crippen LogP contribution in [0.2, 0.25) is 0 Å². The topological polar surface area (TPSA) is 84.9 Å². The number of hydrogen-bond donors (Lipinski definition) is 1. The van der Waals surface area contributed by atoms with Crippen LogP contribution in [0, 0.1) is 6.92 Å². The summed E-state index contributed by atoms with van der Waals surface area (Å²) in [5.74, 6) is 0.498. The summed E-state index contributed by atoms with van der Waals surface area (Å²) in [5.41, 5.74) is 0.601. The molecule has 8 heteroatoms. The van der Waals surface area contributed by atoms with Crippen molar-refractivity contribution in [2.24, 2.45) is 0 Å². The second-order valence-corrected chi connectivity index (χ2v) is 6.93. The number of aryl methyl sites for hydroxylation is 1. The molecule has 1 unspecified atom stereocenters. The molecule has 0 bridgehead atoms. The number of carbonyl (C=O) groups is 1. The van der Waals surface area contributed by atoms with Crippen LogP contribution in [-0.2, 0) is 19.6 Å². The zero-order valence-electron chi connectivity index (χ0n) is 12.8. The highest BCUT2D eigenvalue weighted by Gasteiger charge is 2.25. The van der Waals surface area contributed by atoms with Gasteiger partial charge in [-0.05, 0) is 30.7 Å². The summed E-state index contributed by atoms with van der Waals surface area (Å²) >= 11 is 0. The number of nitrogens with one attached hydrogen (secondary N) is 1. The van der Waals surface area contributed by atoms with Gasteiger partial charge >= 0.3 is 0 Å². The Labute approximate surface area is 130 Å². The Kier molecular flexibility index (Phi) is 5.05. The first kappa shape index (κ1) is 16.7. The number of likely N-dealkylation sites (N-methyl/N-ethyl adjacent to an activating group) is 1. The lowest BCUT2D eigenvalue weighted by atomic mass is 10.2. The number of carbonyl (C=O) groups excluding carboxylic acids is 1. The van der Waals surface area contributed by atoms with E-state index in [9.17, 15) is 13.2 Å². The monoisotopic (exact) mass is 328 g/mol. The second-order valence-electron chi connectivity index (χ2n) is 5.19. The molecule has 1 saturated heterocycles. The van der Waals surface area contributed by atoms with Gasteiger partial charge in [0.25, 0.3) is 0 Å². The van der Waals surface area contributed by atoms with E-state index in [0.29, 0.717) is 17.9 Å². The van der Waals surface area contributed by atoms with Crippen molar-refractivity contribution in [2.45, 2.75) is 17.9 Å². The van der Waals surface area contributed by atoms with Crippen molar-refractivity contribution in [3.8, 4) is 5.75 Å². The summed E-state index contributed by atoms with van der Waals surface area (Å²) in [7, 11) is -0.441. The average Bonchev–Trinajstić information content (AvgIpc) is 2.48. The van der Waals surface area contributed by atoms with Crippen LogP contribution in [0.15, 0.2) is 23.1 Å². The number of sulfonamides is 1. The van der Waals surface area contributed by atoms with E-state index in [1.807, 2.05) is 0 Å². The molecule has 1 aromatic rings. The Hall–Kier alpha value is -1.64. The van der Waals surface area contributed by atoms with E-state index in [-0.39, 0.29) is 30.1 Å². The number of hydrogen-bond acceptors (Lipinski definition) is 5. The third kappa shape index (κ3) is 3.76. The standard InChI is InChI=1S/C14H20N2O5S/c1-10-6-11(20-3)4-5-13(10)22(18,19)15-7-12-8-16(2)14(17)9-21-12/h4-6,12,15H,7-9H2,1-3H3. The predicted octanol–water partition coefficient (Wildman–Crippen LogP) is 0.139. The van der Waals surface area contributed by atoms with Gasteiger partial charge in [0.05, 0.1) is 18.1 Å². The zero-order chi connectivity index (χ0) is 16.3. The van der Waals surface area contributed by atoms with Crippen LogP contribution in [-0.4, -0.2) is 59.2 Å². The normalized spacial score (nSPS) is 19.3. The molecular formula is C14H20N2O5S. The summed E-state index contributed by atoms with van der Waals surface area (Å²) in [6.45, 7) is 2.17. The number of benzene rings is 1. The lowest BCUT2D eigenvalue weighted by Crippen LogP contribution is -2.48. The molecule has 122 valence electrons. The van der Waals surface area contributed by atoms with Crippen molar-refractivity contribution < 1.29 is 22.7 Å². The molecule has 1 aliphatic heterocycles. The molecule has 7 nitrogen and oxygen atoms in total. The van der Waals surface area contributed by atoms with Gasteiger partial charge in [0.1, 0.15) is 12.4 Å². The molecule has 1 N–H and O–H groups in total. The maximum absolute atomic E-state index is 12.4. The molecule has 0 saturated carbocycles. The fourth-order valence-corrected chi connectivity index (χ4v) is 3.50. The Morgan fingerprint density at radius 3 is 2.77 bits per heavy atom. The maximum atomic E-state index is 12.4. The van der Waals surface area contributed by atoms with Crippen LogP contribution in [0.1, 0.15) is 5.56 Å². The van der Waals surface area contributed by atoms with Gasteiger partial charge in [-0.15, -0.1) is 0 Å². The van der Waals surface area contributed by atoms with Crippen molar-refractivity contribution in [2.75, 3.05) is 33.9 Å². The minimum Gasteiger partial charge on any atom is -0.497 e. The van der Waals surface area contributed by atoms with E-state index in [1.54, 1.807) is 26.1 Å². The molecule has 1 heterocycles. The third-order valence-corrected chi connectivity index (χ3v) is 5.10. The Morgan fingerprint density at radius 2 is 2.18 bits per heavy atom. The van der Waals surface area contributed by atoms with Gasteiger partial charge in [-0.2, -0.15) is 0 Å². The fourth-order valence-electron chi connectivity index (χ4n) is 2.21. The maximum Gasteiger partial charge on any atom is 0.248 e. The highest BCUT2D eigenvalue weighted by molar-refractivity contribution is 7.89. The molecule has 0 radical (unpaired) electrons. The predicted molar refractivity (Wildman–Crippen MR) is 80.3 cm³/mol. The minimum atomic E-state index is -3.64. The molecule has 2 rings (SSSR count). The molecule has 0 aliphatic carbocycles. The number of nitrogens with zero attached hydrogens (tertiary/aromatic N) is 1. The first-order chi connectivity index (χ1) is 10.3. The second kappa shape index (κ2) is 6.64. The first-order valence-corrected chi connectivity index (χ1v) is 8.31. The van der Waals surface area contributed by atoms with E-state index in [2.05, 4.69) is 4.72 Å². The first-order valence-electron chi connectivity index (χ1n) is 6.83. The van der Waals surface area contributed by atoms with Gasteiger partial charge in [0.15, 0.2) is 0 Å². The summed E-state index contributed by atoms with van der Waals surface area (Å²) in [4.78, 5) is 13.0. The Morgan fingerprint density at radius 1 is 1.45 bits per heavy atom. The molecule has 22 heavy (non-hydrogen) atoms. The highest BCUT2D eigenvalue weighted by Crippen LogP contribution is 2.20. The molecule has 0 spiro atoms. The van der Waals surface area contributed by atoms with Gasteiger partial charge in [-0.3, -0.25) is 4.79 Å². The summed E-state index contributed by atoms with van der Waals surface area (Å²) in [5, 5.41) is 0. The van der Waals surface area contributed by atoms with Gasteiger partial charge in [-0.1, -0.05) is 0 Å². The molecule has 1 atom stereocenters. The van der Waals surface area contributed by atoms with Crippen LogP contribution < -0.4 is 9.46 Å². The molecule has 1 aliphatic rings. The molecule has 1 aromatic carbocycles. The number of rotatable bonds is 5. The Balaban J connectivity index is 2.04. The SMILES string of the molecule is COc1ccc(S(=O)(=O)NCC2CN(C)C(=O)CO2)c(C)c1. The van der Waals surface area contributed by atoms with E-state index in [4.69, 9.17) is 9.47 Å². The van der Waals surface area contributed by atoms with Crippen LogP contribution in [0.3, 0.4) is 0 Å². The van der Waals surface area contributed by atoms with Crippen LogP contribution in [0.5, 0.6) is 5.75 Å². The lowest BCUT2D eigenvalue weighted by molar-refractivity contribution is -0.146. The van der Waals surface area contributed by atoms with Gasteiger partial charge in [0, 0.05) is 20.1 Å². The highest BCUT2D eigenvalue weighted by atomic mass is 32.2. The smallest absolute Gasteiger partial charge is 0.248 e. The average molecular weight is 328 g/mol. The largest absolute Gasteiger partial charge is 0.497 e. The van der Waals surface area contributed by atoms with E-state index in [0.717, 1.165) is 0 Å². The van der Waals surface area contributed by atoms with Gasteiger partial charge in [-0.25, -0.2) is 13.1 Å².